The fraction of sp³-hybridized carbons (Fsp3) is 0.333. The van der Waals surface area contributed by atoms with Crippen molar-refractivity contribution in [3.8, 4) is 0 Å². The van der Waals surface area contributed by atoms with E-state index in [9.17, 15) is 14.4 Å². The molecule has 0 saturated heterocycles. The number of ketones is 1. The van der Waals surface area contributed by atoms with E-state index in [1.807, 2.05) is 30.3 Å². The zero-order valence-electron chi connectivity index (χ0n) is 14.7. The van der Waals surface area contributed by atoms with E-state index >= 15 is 0 Å². The second-order valence-electron chi connectivity index (χ2n) is 6.05. The zero-order valence-corrected chi connectivity index (χ0v) is 14.7. The first-order chi connectivity index (χ1) is 12.5. The summed E-state index contributed by atoms with van der Waals surface area (Å²) in [6.07, 6.45) is 1.52. The van der Waals surface area contributed by atoms with Crippen LogP contribution in [0.3, 0.4) is 0 Å². The van der Waals surface area contributed by atoms with Gasteiger partial charge in [0.05, 0.1) is 26.0 Å². The maximum Gasteiger partial charge on any atom is 0.333 e. The fourth-order valence-corrected chi connectivity index (χ4v) is 2.87. The normalized spacial score (nSPS) is 11.2. The minimum Gasteiger partial charge on any atom is -0.383 e. The molecule has 0 atom stereocenters. The van der Waals surface area contributed by atoms with Crippen LogP contribution >= 0.6 is 0 Å². The third-order valence-corrected chi connectivity index (χ3v) is 4.08. The van der Waals surface area contributed by atoms with Gasteiger partial charge in [-0.1, -0.05) is 30.3 Å². The molecule has 3 aromatic rings. The smallest absolute Gasteiger partial charge is 0.333 e. The van der Waals surface area contributed by atoms with Crippen LogP contribution in [0.25, 0.3) is 11.2 Å². The van der Waals surface area contributed by atoms with Crippen LogP contribution in [0.4, 0.5) is 0 Å². The summed E-state index contributed by atoms with van der Waals surface area (Å²) in [5.74, 6) is -0.266. The van der Waals surface area contributed by atoms with Gasteiger partial charge in [0.2, 0.25) is 0 Å². The molecule has 0 amide bonds. The van der Waals surface area contributed by atoms with Crippen molar-refractivity contribution in [3.05, 3.63) is 63.1 Å². The number of rotatable bonds is 7. The summed E-state index contributed by atoms with van der Waals surface area (Å²) in [6.45, 7) is 2.16. The van der Waals surface area contributed by atoms with Crippen LogP contribution in [0, 0.1) is 0 Å². The highest BCUT2D eigenvalue weighted by molar-refractivity contribution is 5.76. The van der Waals surface area contributed by atoms with Gasteiger partial charge in [-0.15, -0.1) is 0 Å². The summed E-state index contributed by atoms with van der Waals surface area (Å²) < 4.78 is 9.12. The maximum absolute atomic E-state index is 12.9. The molecule has 0 aliphatic heterocycles. The second kappa shape index (κ2) is 7.49. The van der Waals surface area contributed by atoms with Crippen molar-refractivity contribution in [3.63, 3.8) is 0 Å². The fourth-order valence-electron chi connectivity index (χ4n) is 2.87. The highest BCUT2D eigenvalue weighted by Gasteiger charge is 2.19. The Morgan fingerprint density at radius 3 is 2.54 bits per heavy atom. The summed E-state index contributed by atoms with van der Waals surface area (Å²) in [5, 5.41) is 0. The van der Waals surface area contributed by atoms with Gasteiger partial charge in [0.25, 0.3) is 5.56 Å². The number of carbonyl (C=O) groups excluding carboxylic acids is 1. The summed E-state index contributed by atoms with van der Waals surface area (Å²) in [7, 11) is 1.57. The third-order valence-electron chi connectivity index (χ3n) is 4.08. The Labute approximate surface area is 149 Å². The molecule has 0 bridgehead atoms. The van der Waals surface area contributed by atoms with E-state index in [4.69, 9.17) is 4.74 Å². The number of hydrogen-bond acceptors (Lipinski definition) is 5. The Hall–Kier alpha value is -3.00. The number of hydrogen-bond donors (Lipinski definition) is 0. The average Bonchev–Trinajstić information content (AvgIpc) is 3.05. The van der Waals surface area contributed by atoms with Gasteiger partial charge in [0.1, 0.15) is 5.78 Å². The number of Topliss-reactive ketones (excluding diaryl/α,β-unsaturated/α-hetero) is 1. The number of imidazole rings is 1. The molecule has 0 radical (unpaired) electrons. The quantitative estimate of drug-likeness (QED) is 0.620. The molecule has 3 rings (SSSR count). The number of carbonyl (C=O) groups is 1. The number of benzene rings is 1. The monoisotopic (exact) mass is 356 g/mol. The van der Waals surface area contributed by atoms with Gasteiger partial charge in [-0.2, -0.15) is 0 Å². The lowest BCUT2D eigenvalue weighted by atomic mass is 10.2. The predicted octanol–water partition coefficient (Wildman–Crippen LogP) is 0.643. The molecule has 0 fully saturated rings. The van der Waals surface area contributed by atoms with Crippen molar-refractivity contribution in [1.82, 2.24) is 18.7 Å². The molecule has 8 heteroatoms. The minimum absolute atomic E-state index is 0.260. The molecule has 0 spiro atoms. The highest BCUT2D eigenvalue weighted by atomic mass is 16.5. The largest absolute Gasteiger partial charge is 0.383 e. The summed E-state index contributed by atoms with van der Waals surface area (Å²) in [5.41, 5.74) is 0.436. The van der Waals surface area contributed by atoms with Crippen LogP contribution in [0.5, 0.6) is 0 Å². The predicted molar refractivity (Wildman–Crippen MR) is 96.4 cm³/mol. The lowest BCUT2D eigenvalue weighted by Crippen LogP contribution is -2.42. The molecule has 0 N–H and O–H groups in total. The second-order valence-corrected chi connectivity index (χ2v) is 6.05. The number of fused-ring (bicyclic) bond motifs is 1. The third kappa shape index (κ3) is 3.36. The number of nitrogens with zero attached hydrogens (tertiary/aromatic N) is 4. The van der Waals surface area contributed by atoms with Crippen LogP contribution in [-0.4, -0.2) is 38.2 Å². The van der Waals surface area contributed by atoms with Gasteiger partial charge < -0.3 is 9.30 Å². The first kappa shape index (κ1) is 17.8. The summed E-state index contributed by atoms with van der Waals surface area (Å²) in [4.78, 5) is 41.5. The molecule has 0 aliphatic carbocycles. The van der Waals surface area contributed by atoms with E-state index in [0.29, 0.717) is 24.3 Å². The van der Waals surface area contributed by atoms with Crippen molar-refractivity contribution >= 4 is 16.9 Å². The van der Waals surface area contributed by atoms with Crippen molar-refractivity contribution in [1.29, 1.82) is 0 Å². The van der Waals surface area contributed by atoms with Crippen LogP contribution < -0.4 is 11.2 Å². The van der Waals surface area contributed by atoms with Gasteiger partial charge in [0.15, 0.2) is 11.2 Å². The number of ether oxygens (including phenoxy) is 1. The van der Waals surface area contributed by atoms with E-state index in [-0.39, 0.29) is 18.9 Å². The first-order valence-electron chi connectivity index (χ1n) is 8.23. The maximum atomic E-state index is 12.9. The molecule has 8 nitrogen and oxygen atoms in total. The zero-order chi connectivity index (χ0) is 18.7. The standard InChI is InChI=1S/C18H20N4O4/c1-13(23)10-22-17(24)15-16(19-12-20(15)8-9-26-2)21(18(22)25)11-14-6-4-3-5-7-14/h3-7,12H,8-11H2,1-2H3. The Balaban J connectivity index is 2.24. The average molecular weight is 356 g/mol. The van der Waals surface area contributed by atoms with Crippen molar-refractivity contribution in [2.45, 2.75) is 26.6 Å². The molecule has 136 valence electrons. The Kier molecular flexibility index (Phi) is 5.13. The molecule has 0 unspecified atom stereocenters. The Morgan fingerprint density at radius 2 is 1.88 bits per heavy atom. The van der Waals surface area contributed by atoms with Crippen LogP contribution in [0.2, 0.25) is 0 Å². The van der Waals surface area contributed by atoms with Crippen molar-refractivity contribution < 1.29 is 9.53 Å². The Morgan fingerprint density at radius 1 is 1.15 bits per heavy atom. The molecule has 26 heavy (non-hydrogen) atoms. The molecule has 2 heterocycles. The van der Waals surface area contributed by atoms with E-state index in [2.05, 4.69) is 4.98 Å². The van der Waals surface area contributed by atoms with Crippen LogP contribution in [-0.2, 0) is 29.2 Å². The van der Waals surface area contributed by atoms with Gasteiger partial charge in [-0.05, 0) is 12.5 Å². The SMILES string of the molecule is COCCn1cnc2c1c(=O)n(CC(C)=O)c(=O)n2Cc1ccccc1. The topological polar surface area (TPSA) is 88.1 Å². The molecule has 2 aromatic heterocycles. The molecular formula is C18H20N4O4. The van der Waals surface area contributed by atoms with Gasteiger partial charge >= 0.3 is 5.69 Å². The molecule has 1 aromatic carbocycles. The molecular weight excluding hydrogens is 336 g/mol. The summed E-state index contributed by atoms with van der Waals surface area (Å²) >= 11 is 0. The van der Waals surface area contributed by atoms with Crippen molar-refractivity contribution in [2.24, 2.45) is 0 Å². The Bertz CT molecular complexity index is 1050. The molecule has 0 aliphatic rings. The summed E-state index contributed by atoms with van der Waals surface area (Å²) in [6, 6.07) is 9.42. The molecule has 0 saturated carbocycles. The highest BCUT2D eigenvalue weighted by Crippen LogP contribution is 2.09. The lowest BCUT2D eigenvalue weighted by molar-refractivity contribution is -0.117. The van der Waals surface area contributed by atoms with Crippen LogP contribution in [0.1, 0.15) is 12.5 Å². The first-order valence-corrected chi connectivity index (χ1v) is 8.23. The van der Waals surface area contributed by atoms with Gasteiger partial charge in [0, 0.05) is 13.7 Å². The van der Waals surface area contributed by atoms with Crippen LogP contribution in [0.15, 0.2) is 46.2 Å². The van der Waals surface area contributed by atoms with Crippen molar-refractivity contribution in [2.75, 3.05) is 13.7 Å². The van der Waals surface area contributed by atoms with E-state index in [1.165, 1.54) is 17.8 Å². The van der Waals surface area contributed by atoms with E-state index in [1.54, 1.807) is 11.7 Å². The number of methoxy groups -OCH3 is 1. The van der Waals surface area contributed by atoms with E-state index < -0.39 is 11.2 Å². The van der Waals surface area contributed by atoms with E-state index in [0.717, 1.165) is 10.1 Å². The van der Waals surface area contributed by atoms with Gasteiger partial charge in [-0.3, -0.25) is 18.7 Å². The van der Waals surface area contributed by atoms with Gasteiger partial charge in [-0.25, -0.2) is 9.78 Å². The minimum atomic E-state index is -0.543. The lowest BCUT2D eigenvalue weighted by Gasteiger charge is -2.12. The number of aromatic nitrogens is 4.